The molecule has 1 saturated heterocycles. The molecule has 104 valence electrons. The molecule has 1 fully saturated rings. The zero-order valence-electron chi connectivity index (χ0n) is 11.2. The fourth-order valence-corrected chi connectivity index (χ4v) is 2.60. The van der Waals surface area contributed by atoms with Gasteiger partial charge in [-0.1, -0.05) is 6.58 Å². The van der Waals surface area contributed by atoms with E-state index in [1.165, 1.54) is 12.4 Å². The van der Waals surface area contributed by atoms with Gasteiger partial charge in [0.2, 0.25) is 5.91 Å². The third-order valence-electron chi connectivity index (χ3n) is 3.60. The molecule has 6 nitrogen and oxygen atoms in total. The van der Waals surface area contributed by atoms with Crippen LogP contribution in [0.25, 0.3) is 11.0 Å². The van der Waals surface area contributed by atoms with Gasteiger partial charge in [0.1, 0.15) is 17.8 Å². The smallest absolute Gasteiger partial charge is 0.246 e. The first kappa shape index (κ1) is 12.7. The molecular weight excluding hydrogens is 254 g/mol. The molecule has 0 aromatic carbocycles. The van der Waals surface area contributed by atoms with Gasteiger partial charge in [0.15, 0.2) is 0 Å². The van der Waals surface area contributed by atoms with Crippen LogP contribution in [-0.4, -0.2) is 44.9 Å². The number of anilines is 1. The van der Waals surface area contributed by atoms with Crippen molar-refractivity contribution in [3.8, 4) is 0 Å². The first-order valence-corrected chi connectivity index (χ1v) is 6.74. The molecule has 0 aliphatic carbocycles. The Labute approximate surface area is 116 Å². The van der Waals surface area contributed by atoms with Crippen molar-refractivity contribution < 1.29 is 4.79 Å². The van der Waals surface area contributed by atoms with E-state index in [0.717, 1.165) is 36.2 Å². The van der Waals surface area contributed by atoms with Crippen LogP contribution < -0.4 is 5.32 Å². The summed E-state index contributed by atoms with van der Waals surface area (Å²) in [7, 11) is 0. The van der Waals surface area contributed by atoms with Gasteiger partial charge in [-0.2, -0.15) is 0 Å². The number of H-pyrrole nitrogens is 1. The van der Waals surface area contributed by atoms with Gasteiger partial charge in [-0.05, 0) is 25.0 Å². The number of nitrogens with zero attached hydrogens (tertiary/aromatic N) is 3. The van der Waals surface area contributed by atoms with Gasteiger partial charge in [0.05, 0.1) is 5.39 Å². The molecule has 0 spiro atoms. The Hall–Kier alpha value is -2.37. The van der Waals surface area contributed by atoms with Crippen LogP contribution in [0, 0.1) is 0 Å². The molecule has 2 N–H and O–H groups in total. The highest BCUT2D eigenvalue weighted by molar-refractivity contribution is 5.88. The van der Waals surface area contributed by atoms with E-state index in [2.05, 4.69) is 26.8 Å². The summed E-state index contributed by atoms with van der Waals surface area (Å²) in [5, 5.41) is 4.39. The zero-order valence-corrected chi connectivity index (χ0v) is 11.2. The number of hydrogen-bond acceptors (Lipinski definition) is 4. The molecule has 3 rings (SSSR count). The van der Waals surface area contributed by atoms with Gasteiger partial charge in [-0.25, -0.2) is 9.97 Å². The molecule has 0 radical (unpaired) electrons. The molecule has 0 bridgehead atoms. The number of nitrogens with one attached hydrogen (secondary N) is 2. The van der Waals surface area contributed by atoms with Crippen molar-refractivity contribution in [2.24, 2.45) is 0 Å². The van der Waals surface area contributed by atoms with Crippen LogP contribution in [0.2, 0.25) is 0 Å². The van der Waals surface area contributed by atoms with Crippen molar-refractivity contribution in [1.29, 1.82) is 0 Å². The fraction of sp³-hybridized carbons (Fsp3) is 0.357. The summed E-state index contributed by atoms with van der Waals surface area (Å²) in [5.74, 6) is 0.806. The van der Waals surface area contributed by atoms with Gasteiger partial charge in [0, 0.05) is 25.3 Å². The Bertz CT molecular complexity index is 635. The minimum Gasteiger partial charge on any atom is -0.365 e. The molecule has 3 heterocycles. The van der Waals surface area contributed by atoms with Crippen LogP contribution in [-0.2, 0) is 4.79 Å². The Kier molecular flexibility index (Phi) is 3.37. The van der Waals surface area contributed by atoms with Crippen molar-refractivity contribution >= 4 is 22.8 Å². The number of aromatic nitrogens is 3. The summed E-state index contributed by atoms with van der Waals surface area (Å²) < 4.78 is 0. The fourth-order valence-electron chi connectivity index (χ4n) is 2.60. The average molecular weight is 271 g/mol. The second-order valence-corrected chi connectivity index (χ2v) is 4.93. The van der Waals surface area contributed by atoms with Crippen molar-refractivity contribution in [1.82, 2.24) is 19.9 Å². The van der Waals surface area contributed by atoms with Gasteiger partial charge < -0.3 is 15.2 Å². The number of fused-ring (bicyclic) bond motifs is 1. The first-order valence-electron chi connectivity index (χ1n) is 6.74. The minimum atomic E-state index is -0.00835. The Balaban J connectivity index is 1.75. The lowest BCUT2D eigenvalue weighted by molar-refractivity contribution is -0.127. The molecule has 1 atom stereocenters. The molecule has 0 saturated carbocycles. The highest BCUT2D eigenvalue weighted by Crippen LogP contribution is 2.21. The molecule has 1 amide bonds. The average Bonchev–Trinajstić information content (AvgIpc) is 2.96. The van der Waals surface area contributed by atoms with Crippen LogP contribution in [0.1, 0.15) is 12.8 Å². The molecule has 2 aromatic rings. The summed E-state index contributed by atoms with van der Waals surface area (Å²) in [4.78, 5) is 25.0. The summed E-state index contributed by atoms with van der Waals surface area (Å²) >= 11 is 0. The normalized spacial score (nSPS) is 19.0. The zero-order chi connectivity index (χ0) is 13.9. The first-order chi connectivity index (χ1) is 9.78. The van der Waals surface area contributed by atoms with Gasteiger partial charge >= 0.3 is 0 Å². The quantitative estimate of drug-likeness (QED) is 0.831. The second kappa shape index (κ2) is 5.32. The molecule has 2 aromatic heterocycles. The largest absolute Gasteiger partial charge is 0.365 e. The van der Waals surface area contributed by atoms with Crippen LogP contribution in [0.3, 0.4) is 0 Å². The topological polar surface area (TPSA) is 73.9 Å². The maximum Gasteiger partial charge on any atom is 0.246 e. The minimum absolute atomic E-state index is 0.00835. The molecule has 6 heteroatoms. The summed E-state index contributed by atoms with van der Waals surface area (Å²) in [6, 6.07) is 2.16. The molecule has 0 unspecified atom stereocenters. The number of carbonyl (C=O) groups excluding carboxylic acids is 1. The van der Waals surface area contributed by atoms with E-state index in [0.29, 0.717) is 6.54 Å². The number of likely N-dealkylation sites (tertiary alicyclic amines) is 1. The van der Waals surface area contributed by atoms with Crippen LogP contribution in [0.15, 0.2) is 31.2 Å². The lowest BCUT2D eigenvalue weighted by atomic mass is 10.1. The number of rotatable bonds is 3. The SMILES string of the molecule is C=CC(=O)N1CCC[C@H](Nc2ncnc3[nH]ccc23)C1. The molecular formula is C14H17N5O. The standard InChI is InChI=1S/C14H17N5O/c1-2-12(20)19-7-3-4-10(8-19)18-14-11-5-6-15-13(11)16-9-17-14/h2,5-6,9-10H,1,3-4,7-8H2,(H2,15,16,17,18)/t10-/m0/s1. The summed E-state index contributed by atoms with van der Waals surface area (Å²) in [5.41, 5.74) is 0.817. The van der Waals surface area contributed by atoms with Crippen LogP contribution >= 0.6 is 0 Å². The predicted molar refractivity (Wildman–Crippen MR) is 77.3 cm³/mol. The van der Waals surface area contributed by atoms with Gasteiger partial charge in [-0.3, -0.25) is 4.79 Å². The number of aromatic amines is 1. The highest BCUT2D eigenvalue weighted by Gasteiger charge is 2.22. The van der Waals surface area contributed by atoms with Gasteiger partial charge in [-0.15, -0.1) is 0 Å². The lowest BCUT2D eigenvalue weighted by Crippen LogP contribution is -2.44. The Morgan fingerprint density at radius 1 is 1.55 bits per heavy atom. The van der Waals surface area contributed by atoms with E-state index in [1.807, 2.05) is 17.2 Å². The number of piperidine rings is 1. The van der Waals surface area contributed by atoms with E-state index < -0.39 is 0 Å². The Morgan fingerprint density at radius 2 is 2.45 bits per heavy atom. The maximum atomic E-state index is 11.7. The van der Waals surface area contributed by atoms with Crippen molar-refractivity contribution in [3.63, 3.8) is 0 Å². The maximum absolute atomic E-state index is 11.7. The van der Waals surface area contributed by atoms with E-state index in [1.54, 1.807) is 0 Å². The second-order valence-electron chi connectivity index (χ2n) is 4.93. The van der Waals surface area contributed by atoms with Crippen molar-refractivity contribution in [2.45, 2.75) is 18.9 Å². The third kappa shape index (κ3) is 2.36. The monoisotopic (exact) mass is 271 g/mol. The van der Waals surface area contributed by atoms with E-state index in [9.17, 15) is 4.79 Å². The number of amides is 1. The van der Waals surface area contributed by atoms with Crippen LogP contribution in [0.4, 0.5) is 5.82 Å². The highest BCUT2D eigenvalue weighted by atomic mass is 16.2. The predicted octanol–water partition coefficient (Wildman–Crippen LogP) is 1.55. The van der Waals surface area contributed by atoms with Crippen molar-refractivity contribution in [2.75, 3.05) is 18.4 Å². The Morgan fingerprint density at radius 3 is 3.30 bits per heavy atom. The van der Waals surface area contributed by atoms with E-state index in [-0.39, 0.29) is 11.9 Å². The number of carbonyl (C=O) groups is 1. The van der Waals surface area contributed by atoms with E-state index in [4.69, 9.17) is 0 Å². The molecule has 1 aliphatic heterocycles. The lowest BCUT2D eigenvalue weighted by Gasteiger charge is -2.32. The van der Waals surface area contributed by atoms with Crippen molar-refractivity contribution in [3.05, 3.63) is 31.2 Å². The van der Waals surface area contributed by atoms with E-state index >= 15 is 0 Å². The third-order valence-corrected chi connectivity index (χ3v) is 3.60. The molecule has 1 aliphatic rings. The van der Waals surface area contributed by atoms with Crippen LogP contribution in [0.5, 0.6) is 0 Å². The van der Waals surface area contributed by atoms with Gasteiger partial charge in [0.25, 0.3) is 0 Å². The molecule has 20 heavy (non-hydrogen) atoms. The summed E-state index contributed by atoms with van der Waals surface area (Å²) in [6.07, 6.45) is 6.77. The number of hydrogen-bond donors (Lipinski definition) is 2. The summed E-state index contributed by atoms with van der Waals surface area (Å²) in [6.45, 7) is 5.02.